The van der Waals surface area contributed by atoms with E-state index in [9.17, 15) is 22.8 Å². The second kappa shape index (κ2) is 9.51. The number of pyridine rings is 1. The predicted molar refractivity (Wildman–Crippen MR) is 138 cm³/mol. The van der Waals surface area contributed by atoms with Gasteiger partial charge in [0.05, 0.1) is 22.5 Å². The molecule has 2 heterocycles. The van der Waals surface area contributed by atoms with Gasteiger partial charge in [0, 0.05) is 33.7 Å². The van der Waals surface area contributed by atoms with E-state index >= 15 is 0 Å². The van der Waals surface area contributed by atoms with Gasteiger partial charge in [0.2, 0.25) is 0 Å². The predicted octanol–water partition coefficient (Wildman–Crippen LogP) is 7.43. The number of anilines is 2. The monoisotopic (exact) mass is 517 g/mol. The maximum Gasteiger partial charge on any atom is 0.418 e. The molecule has 0 spiro atoms. The number of nitrogens with two attached hydrogens (primary N) is 1. The number of halogens is 3. The lowest BCUT2D eigenvalue weighted by molar-refractivity contribution is -0.136. The van der Waals surface area contributed by atoms with E-state index in [1.807, 2.05) is 0 Å². The van der Waals surface area contributed by atoms with Gasteiger partial charge in [-0.05, 0) is 35.2 Å². The van der Waals surface area contributed by atoms with Crippen molar-refractivity contribution in [3.8, 4) is 11.1 Å². The Morgan fingerprint density at radius 3 is 2.32 bits per heavy atom. The number of urea groups is 1. The van der Waals surface area contributed by atoms with Crippen LogP contribution >= 0.6 is 11.3 Å². The molecule has 37 heavy (non-hydrogen) atoms. The number of fused-ring (bicyclic) bond motifs is 1. The number of amides is 2. The van der Waals surface area contributed by atoms with Crippen molar-refractivity contribution in [2.75, 3.05) is 4.90 Å². The van der Waals surface area contributed by atoms with Gasteiger partial charge < -0.3 is 5.73 Å². The molecule has 0 saturated carbocycles. The fraction of sp³-hybridized carbons (Fsp3) is 0.0357. The summed E-state index contributed by atoms with van der Waals surface area (Å²) in [6, 6.07) is 19.8. The molecule has 2 N–H and O–H groups in total. The van der Waals surface area contributed by atoms with Crippen LogP contribution in [0, 0.1) is 0 Å². The Labute approximate surface area is 213 Å². The molecule has 0 saturated heterocycles. The number of rotatable bonds is 5. The van der Waals surface area contributed by atoms with Crippen LogP contribution in [-0.2, 0) is 6.18 Å². The van der Waals surface area contributed by atoms with Crippen molar-refractivity contribution in [2.45, 2.75) is 6.18 Å². The third kappa shape index (κ3) is 4.56. The van der Waals surface area contributed by atoms with Crippen LogP contribution in [0.3, 0.4) is 0 Å². The lowest BCUT2D eigenvalue weighted by Gasteiger charge is -2.21. The number of alkyl halides is 3. The molecule has 0 radical (unpaired) electrons. The molecule has 0 fully saturated rings. The molecule has 184 valence electrons. The quantitative estimate of drug-likeness (QED) is 0.246. The maximum atomic E-state index is 13.8. The topological polar surface area (TPSA) is 76.3 Å². The van der Waals surface area contributed by atoms with Crippen molar-refractivity contribution in [3.63, 3.8) is 0 Å². The average Bonchev–Trinajstić information content (AvgIpc) is 3.41. The van der Waals surface area contributed by atoms with Crippen LogP contribution < -0.4 is 10.6 Å². The number of thiophene rings is 1. The summed E-state index contributed by atoms with van der Waals surface area (Å²) < 4.78 is 41.5. The van der Waals surface area contributed by atoms with Crippen molar-refractivity contribution in [1.29, 1.82) is 0 Å². The van der Waals surface area contributed by atoms with Crippen LogP contribution in [-0.4, -0.2) is 16.8 Å². The number of carbonyl (C=O) groups excluding carboxylic acids is 2. The van der Waals surface area contributed by atoms with Crippen molar-refractivity contribution in [2.24, 2.45) is 5.73 Å². The van der Waals surface area contributed by atoms with Crippen molar-refractivity contribution < 1.29 is 22.8 Å². The standard InChI is InChI=1S/C28H18F3N3O2S/c29-28(30,31)23-11-5-10-21-24(22(15-33-25(21)23)26(35)17-6-2-1-3-7-17)18-8-4-9-19(14-18)34(27(32)36)20-12-13-37-16-20/h1-16H,(H2,32,36). The number of nitrogens with zero attached hydrogens (tertiary/aromatic N) is 2. The number of hydrogen-bond acceptors (Lipinski definition) is 4. The summed E-state index contributed by atoms with van der Waals surface area (Å²) in [6.07, 6.45) is -3.46. The third-order valence-corrected chi connectivity index (χ3v) is 6.53. The number of hydrogen-bond donors (Lipinski definition) is 1. The van der Waals surface area contributed by atoms with Gasteiger partial charge in [-0.1, -0.05) is 54.6 Å². The van der Waals surface area contributed by atoms with Crippen LogP contribution in [0.4, 0.5) is 29.3 Å². The molecule has 5 nitrogen and oxygen atoms in total. The first-order valence-electron chi connectivity index (χ1n) is 11.1. The minimum atomic E-state index is -4.64. The van der Waals surface area contributed by atoms with Gasteiger partial charge in [-0.25, -0.2) is 4.79 Å². The first-order valence-corrected chi connectivity index (χ1v) is 12.0. The lowest BCUT2D eigenvalue weighted by Crippen LogP contribution is -2.31. The summed E-state index contributed by atoms with van der Waals surface area (Å²) >= 11 is 1.38. The zero-order valence-corrected chi connectivity index (χ0v) is 19.9. The van der Waals surface area contributed by atoms with E-state index in [0.29, 0.717) is 22.5 Å². The SMILES string of the molecule is NC(=O)N(c1ccsc1)c1cccc(-c2c(C(=O)c3ccccc3)cnc3c(C(F)(F)F)cccc23)c1. The van der Waals surface area contributed by atoms with Gasteiger partial charge in [0.15, 0.2) is 5.78 Å². The zero-order chi connectivity index (χ0) is 26.2. The average molecular weight is 518 g/mol. The summed E-state index contributed by atoms with van der Waals surface area (Å²) in [5.74, 6) is -0.391. The summed E-state index contributed by atoms with van der Waals surface area (Å²) in [5.41, 5.74) is 6.65. The van der Waals surface area contributed by atoms with Gasteiger partial charge in [0.1, 0.15) is 0 Å². The molecule has 0 atom stereocenters. The van der Waals surface area contributed by atoms with Gasteiger partial charge in [-0.15, -0.1) is 0 Å². The van der Waals surface area contributed by atoms with E-state index in [1.54, 1.807) is 71.4 Å². The third-order valence-electron chi connectivity index (χ3n) is 5.86. The highest BCUT2D eigenvalue weighted by Gasteiger charge is 2.34. The number of primary amides is 1. The Morgan fingerprint density at radius 2 is 1.65 bits per heavy atom. The minimum absolute atomic E-state index is 0.135. The minimum Gasteiger partial charge on any atom is -0.351 e. The smallest absolute Gasteiger partial charge is 0.351 e. The fourth-order valence-electron chi connectivity index (χ4n) is 4.27. The van der Waals surface area contributed by atoms with Gasteiger partial charge in [0.25, 0.3) is 0 Å². The van der Waals surface area contributed by atoms with E-state index in [4.69, 9.17) is 5.73 Å². The number of para-hydroxylation sites is 1. The summed E-state index contributed by atoms with van der Waals surface area (Å²) in [5, 5.41) is 3.70. The Bertz CT molecular complexity index is 1620. The molecule has 5 aromatic rings. The Morgan fingerprint density at radius 1 is 0.892 bits per heavy atom. The van der Waals surface area contributed by atoms with E-state index in [2.05, 4.69) is 4.98 Å². The van der Waals surface area contributed by atoms with Crippen molar-refractivity contribution >= 4 is 45.4 Å². The molecule has 0 bridgehead atoms. The molecular formula is C28H18F3N3O2S. The second-order valence-corrected chi connectivity index (χ2v) is 8.93. The van der Waals surface area contributed by atoms with Gasteiger partial charge in [-0.2, -0.15) is 24.5 Å². The first kappa shape index (κ1) is 24.2. The lowest BCUT2D eigenvalue weighted by atomic mass is 9.91. The van der Waals surface area contributed by atoms with Gasteiger partial charge >= 0.3 is 12.2 Å². The van der Waals surface area contributed by atoms with Crippen LogP contribution in [0.15, 0.2) is 95.8 Å². The molecule has 3 aromatic carbocycles. The first-order chi connectivity index (χ1) is 17.8. The highest BCUT2D eigenvalue weighted by atomic mass is 32.1. The second-order valence-electron chi connectivity index (χ2n) is 8.15. The zero-order valence-electron chi connectivity index (χ0n) is 19.1. The normalized spacial score (nSPS) is 11.4. The van der Waals surface area contributed by atoms with E-state index in [1.165, 1.54) is 34.6 Å². The van der Waals surface area contributed by atoms with E-state index < -0.39 is 23.6 Å². The van der Waals surface area contributed by atoms with Crippen molar-refractivity contribution in [1.82, 2.24) is 4.98 Å². The largest absolute Gasteiger partial charge is 0.418 e. The molecular weight excluding hydrogens is 499 g/mol. The molecule has 0 aliphatic rings. The molecule has 5 rings (SSSR count). The van der Waals surface area contributed by atoms with Crippen LogP contribution in [0.2, 0.25) is 0 Å². The molecule has 0 unspecified atom stereocenters. The van der Waals surface area contributed by atoms with Gasteiger partial charge in [-0.3, -0.25) is 14.7 Å². The molecule has 0 aliphatic heterocycles. The Hall–Kier alpha value is -4.50. The number of carbonyl (C=O) groups is 2. The summed E-state index contributed by atoms with van der Waals surface area (Å²) in [4.78, 5) is 31.2. The molecule has 2 aromatic heterocycles. The fourth-order valence-corrected chi connectivity index (χ4v) is 4.89. The maximum absolute atomic E-state index is 13.8. The van der Waals surface area contributed by atoms with Crippen molar-refractivity contribution in [3.05, 3.63) is 113 Å². The van der Waals surface area contributed by atoms with Crippen LogP contribution in [0.25, 0.3) is 22.0 Å². The van der Waals surface area contributed by atoms with E-state index in [0.717, 1.165) is 6.07 Å². The highest BCUT2D eigenvalue weighted by molar-refractivity contribution is 7.08. The van der Waals surface area contributed by atoms with E-state index in [-0.39, 0.29) is 22.0 Å². The number of ketones is 1. The molecule has 2 amide bonds. The Kier molecular flexibility index (Phi) is 6.22. The van der Waals surface area contributed by atoms with Crippen LogP contribution in [0.1, 0.15) is 21.5 Å². The summed E-state index contributed by atoms with van der Waals surface area (Å²) in [7, 11) is 0. The number of aromatic nitrogens is 1. The summed E-state index contributed by atoms with van der Waals surface area (Å²) in [6.45, 7) is 0. The highest BCUT2D eigenvalue weighted by Crippen LogP contribution is 2.40. The Balaban J connectivity index is 1.79. The molecule has 9 heteroatoms. The van der Waals surface area contributed by atoms with Crippen LogP contribution in [0.5, 0.6) is 0 Å². The number of benzene rings is 3. The molecule has 0 aliphatic carbocycles.